The summed E-state index contributed by atoms with van der Waals surface area (Å²) >= 11 is 0. The van der Waals surface area contributed by atoms with Crippen molar-refractivity contribution in [2.75, 3.05) is 36.5 Å². The summed E-state index contributed by atoms with van der Waals surface area (Å²) in [7, 11) is 0. The zero-order valence-corrected chi connectivity index (χ0v) is 22.1. The number of pyridine rings is 2. The van der Waals surface area contributed by atoms with E-state index in [-0.39, 0.29) is 17.8 Å². The molecule has 1 aliphatic heterocycles. The number of nitrogens with zero attached hydrogens (tertiary/aromatic N) is 3. The molecule has 1 aromatic carbocycles. The number of carbonyl (C=O) groups excluding carboxylic acids is 1. The molecule has 2 N–H and O–H groups in total. The van der Waals surface area contributed by atoms with Gasteiger partial charge in [-0.25, -0.2) is 4.98 Å². The molecule has 1 amide bonds. The molecule has 8 nitrogen and oxygen atoms in total. The van der Waals surface area contributed by atoms with Crippen molar-refractivity contribution in [3.8, 4) is 17.0 Å². The van der Waals surface area contributed by atoms with E-state index in [2.05, 4.69) is 20.2 Å². The fourth-order valence-electron chi connectivity index (χ4n) is 5.03. The summed E-state index contributed by atoms with van der Waals surface area (Å²) in [5, 5.41) is 12.8. The number of benzene rings is 1. The Morgan fingerprint density at radius 2 is 1.93 bits per heavy atom. The lowest BCUT2D eigenvalue weighted by atomic mass is 9.95. The van der Waals surface area contributed by atoms with Gasteiger partial charge in [0.1, 0.15) is 11.8 Å². The van der Waals surface area contributed by atoms with Crippen LogP contribution in [0.2, 0.25) is 0 Å². The number of ether oxygens (including phenoxy) is 2. The van der Waals surface area contributed by atoms with E-state index in [4.69, 9.17) is 9.47 Å². The van der Waals surface area contributed by atoms with E-state index in [9.17, 15) is 23.1 Å². The SMILES string of the molecule is Cc1ncc(NC(=O)c2cccc(C(F)(F)F)c2)cc1-c1cnc(O[C@@H]2CCC[C@@H](O)C2)c(N2CCOCC2)c1. The topological polar surface area (TPSA) is 96.8 Å². The molecule has 212 valence electrons. The standard InChI is InChI=1S/C29H31F3N4O4/c1-18-25(14-22(17-33-18)35-27(38)19-4-2-5-21(12-19)29(30,31)32)20-13-26(36-8-10-39-11-9-36)28(34-16-20)40-24-7-3-6-23(37)15-24/h2,4-5,12-14,16-17,23-24,37H,3,6-11,15H2,1H3,(H,35,38)/t23-,24-/m1/s1. The number of aliphatic hydroxyl groups excluding tert-OH is 1. The summed E-state index contributed by atoms with van der Waals surface area (Å²) in [6, 6.07) is 7.97. The molecule has 11 heteroatoms. The predicted octanol–water partition coefficient (Wildman–Crippen LogP) is 5.24. The minimum absolute atomic E-state index is 0.109. The van der Waals surface area contributed by atoms with Gasteiger partial charge in [-0.05, 0) is 56.5 Å². The molecule has 3 aromatic rings. The van der Waals surface area contributed by atoms with E-state index >= 15 is 0 Å². The Morgan fingerprint density at radius 3 is 2.67 bits per heavy atom. The number of aliphatic hydroxyl groups is 1. The molecule has 2 atom stereocenters. The van der Waals surface area contributed by atoms with Crippen LogP contribution in [0.3, 0.4) is 0 Å². The number of hydrogen-bond acceptors (Lipinski definition) is 7. The lowest BCUT2D eigenvalue weighted by Crippen LogP contribution is -2.37. The normalized spacial score (nSPS) is 19.8. The van der Waals surface area contributed by atoms with Crippen LogP contribution in [0.4, 0.5) is 24.5 Å². The van der Waals surface area contributed by atoms with Crippen LogP contribution >= 0.6 is 0 Å². The number of amides is 1. The number of alkyl halides is 3. The number of anilines is 2. The maximum atomic E-state index is 13.1. The first-order valence-corrected chi connectivity index (χ1v) is 13.3. The highest BCUT2D eigenvalue weighted by Gasteiger charge is 2.31. The molecule has 3 heterocycles. The van der Waals surface area contributed by atoms with Crippen molar-refractivity contribution in [2.24, 2.45) is 0 Å². The van der Waals surface area contributed by atoms with Gasteiger partial charge in [0.2, 0.25) is 5.88 Å². The Morgan fingerprint density at radius 1 is 1.12 bits per heavy atom. The molecule has 0 bridgehead atoms. The largest absolute Gasteiger partial charge is 0.473 e. The second kappa shape index (κ2) is 11.8. The van der Waals surface area contributed by atoms with E-state index < -0.39 is 17.6 Å². The van der Waals surface area contributed by atoms with Crippen LogP contribution in [-0.4, -0.2) is 59.5 Å². The van der Waals surface area contributed by atoms with Crippen LogP contribution in [0.5, 0.6) is 5.88 Å². The summed E-state index contributed by atoms with van der Waals surface area (Å²) in [6.07, 6.45) is 1.16. The van der Waals surface area contributed by atoms with E-state index in [0.29, 0.717) is 55.5 Å². The molecule has 1 saturated heterocycles. The quantitative estimate of drug-likeness (QED) is 0.429. The lowest BCUT2D eigenvalue weighted by Gasteiger charge is -2.32. The van der Waals surface area contributed by atoms with Crippen molar-refractivity contribution in [3.63, 3.8) is 0 Å². The number of aromatic nitrogens is 2. The van der Waals surface area contributed by atoms with Crippen molar-refractivity contribution in [1.29, 1.82) is 0 Å². The van der Waals surface area contributed by atoms with Gasteiger partial charge in [-0.1, -0.05) is 6.07 Å². The Kier molecular flexibility index (Phi) is 8.22. The zero-order valence-electron chi connectivity index (χ0n) is 22.1. The summed E-state index contributed by atoms with van der Waals surface area (Å²) in [5.41, 5.74) is 2.29. The lowest BCUT2D eigenvalue weighted by molar-refractivity contribution is -0.137. The second-order valence-electron chi connectivity index (χ2n) is 10.1. The summed E-state index contributed by atoms with van der Waals surface area (Å²) in [4.78, 5) is 24.0. The van der Waals surface area contributed by atoms with Crippen molar-refractivity contribution in [3.05, 3.63) is 65.6 Å². The minimum atomic E-state index is -4.55. The van der Waals surface area contributed by atoms with Gasteiger partial charge in [0.05, 0.1) is 36.8 Å². The smallest absolute Gasteiger partial charge is 0.416 e. The first-order valence-electron chi connectivity index (χ1n) is 13.3. The van der Waals surface area contributed by atoms with Crippen LogP contribution in [0.25, 0.3) is 11.1 Å². The van der Waals surface area contributed by atoms with Gasteiger partial charge in [-0.2, -0.15) is 13.2 Å². The van der Waals surface area contributed by atoms with Gasteiger partial charge < -0.3 is 24.8 Å². The fourth-order valence-corrected chi connectivity index (χ4v) is 5.03. The summed E-state index contributed by atoms with van der Waals surface area (Å²) in [5.74, 6) is -0.183. The van der Waals surface area contributed by atoms with E-state index in [0.717, 1.165) is 42.6 Å². The highest BCUT2D eigenvalue weighted by atomic mass is 19.4. The fraction of sp³-hybridized carbons (Fsp3) is 0.414. The minimum Gasteiger partial charge on any atom is -0.473 e. The van der Waals surface area contributed by atoms with E-state index in [1.165, 1.54) is 18.3 Å². The number of morpholine rings is 1. The van der Waals surface area contributed by atoms with Crippen LogP contribution in [0.15, 0.2) is 48.8 Å². The monoisotopic (exact) mass is 556 g/mol. The van der Waals surface area contributed by atoms with Crippen LogP contribution in [-0.2, 0) is 10.9 Å². The third-order valence-electron chi connectivity index (χ3n) is 7.17. The molecule has 40 heavy (non-hydrogen) atoms. The maximum Gasteiger partial charge on any atom is 0.416 e. The molecule has 2 aliphatic rings. The Balaban J connectivity index is 1.42. The van der Waals surface area contributed by atoms with Crippen LogP contribution in [0, 0.1) is 6.92 Å². The summed E-state index contributed by atoms with van der Waals surface area (Å²) < 4.78 is 51.1. The average molecular weight is 557 g/mol. The van der Waals surface area contributed by atoms with Gasteiger partial charge in [0.25, 0.3) is 5.91 Å². The number of halogens is 3. The molecule has 5 rings (SSSR count). The number of aryl methyl sites for hydroxylation is 1. The summed E-state index contributed by atoms with van der Waals surface area (Å²) in [6.45, 7) is 4.31. The molecule has 0 spiro atoms. The first kappa shape index (κ1) is 27.9. The van der Waals surface area contributed by atoms with Gasteiger partial charge >= 0.3 is 6.18 Å². The van der Waals surface area contributed by atoms with E-state index in [1.54, 1.807) is 12.3 Å². The number of nitrogens with one attached hydrogen (secondary N) is 1. The van der Waals surface area contributed by atoms with Crippen molar-refractivity contribution >= 4 is 17.3 Å². The molecule has 1 aliphatic carbocycles. The molecular formula is C29H31F3N4O4. The number of carbonyl (C=O) groups is 1. The predicted molar refractivity (Wildman–Crippen MR) is 144 cm³/mol. The van der Waals surface area contributed by atoms with Crippen molar-refractivity contribution in [1.82, 2.24) is 9.97 Å². The van der Waals surface area contributed by atoms with Crippen LogP contribution < -0.4 is 15.0 Å². The van der Waals surface area contributed by atoms with Crippen molar-refractivity contribution < 1.29 is 32.5 Å². The number of hydrogen-bond donors (Lipinski definition) is 2. The maximum absolute atomic E-state index is 13.1. The van der Waals surface area contributed by atoms with Crippen molar-refractivity contribution in [2.45, 2.75) is 51.0 Å². The Bertz CT molecular complexity index is 1360. The van der Waals surface area contributed by atoms with E-state index in [1.807, 2.05) is 13.0 Å². The van der Waals surface area contributed by atoms with Gasteiger partial charge in [-0.3, -0.25) is 9.78 Å². The third-order valence-corrected chi connectivity index (χ3v) is 7.17. The molecular weight excluding hydrogens is 525 g/mol. The molecule has 0 unspecified atom stereocenters. The first-order chi connectivity index (χ1) is 19.2. The average Bonchev–Trinajstić information content (AvgIpc) is 2.94. The third kappa shape index (κ3) is 6.53. The van der Waals surface area contributed by atoms with Gasteiger partial charge in [0, 0.05) is 48.1 Å². The Hall–Kier alpha value is -3.70. The van der Waals surface area contributed by atoms with Gasteiger partial charge in [0.15, 0.2) is 0 Å². The highest BCUT2D eigenvalue weighted by Crippen LogP contribution is 2.36. The molecule has 0 radical (unpaired) electrons. The molecule has 2 fully saturated rings. The highest BCUT2D eigenvalue weighted by molar-refractivity contribution is 6.04. The molecule has 1 saturated carbocycles. The second-order valence-corrected chi connectivity index (χ2v) is 10.1. The molecule has 2 aromatic heterocycles. The number of rotatable bonds is 6. The van der Waals surface area contributed by atoms with Crippen LogP contribution in [0.1, 0.15) is 47.3 Å². The Labute approximate surface area is 230 Å². The zero-order chi connectivity index (χ0) is 28.3. The van der Waals surface area contributed by atoms with Gasteiger partial charge in [-0.15, -0.1) is 0 Å².